The van der Waals surface area contributed by atoms with Crippen LogP contribution in [0.1, 0.15) is 17.3 Å². The first-order valence-electron chi connectivity index (χ1n) is 6.01. The van der Waals surface area contributed by atoms with Crippen LogP contribution < -0.4 is 11.1 Å². The second kappa shape index (κ2) is 5.40. The minimum Gasteiger partial charge on any atom is -0.312 e. The molecule has 0 radical (unpaired) electrons. The van der Waals surface area contributed by atoms with Crippen LogP contribution in [0.4, 0.5) is 0 Å². The number of nitrogens with one attached hydrogen (secondary N) is 1. The largest absolute Gasteiger partial charge is 0.312 e. The normalized spacial score (nSPS) is 23.3. The first kappa shape index (κ1) is 12.2. The van der Waals surface area contributed by atoms with Crippen LogP contribution in [0.5, 0.6) is 0 Å². The third-order valence-electron chi connectivity index (χ3n) is 3.12. The predicted octanol–water partition coefficient (Wildman–Crippen LogP) is 0.448. The average Bonchev–Trinajstić information content (AvgIpc) is 2.38. The van der Waals surface area contributed by atoms with Gasteiger partial charge < -0.3 is 11.1 Å². The van der Waals surface area contributed by atoms with Crippen LogP contribution in [0, 0.1) is 0 Å². The molecule has 1 aliphatic rings. The number of nitrogens with zero attached hydrogens (tertiary/aromatic N) is 1. The highest BCUT2D eigenvalue weighted by Crippen LogP contribution is 2.08. The van der Waals surface area contributed by atoms with Crippen LogP contribution in [0.25, 0.3) is 0 Å². The highest BCUT2D eigenvalue weighted by molar-refractivity contribution is 5.99. The maximum Gasteiger partial charge on any atom is 0.194 e. The minimum absolute atomic E-state index is 0.000278. The second-order valence-electron chi connectivity index (χ2n) is 4.53. The molecule has 1 aromatic carbocycles. The Morgan fingerprint density at radius 3 is 2.82 bits per heavy atom. The fourth-order valence-electron chi connectivity index (χ4n) is 2.15. The number of carbonyl (C=O) groups excluding carboxylic acids is 1. The van der Waals surface area contributed by atoms with Crippen molar-refractivity contribution < 1.29 is 4.79 Å². The minimum atomic E-state index is -0.526. The fraction of sp³-hybridized carbons (Fsp3) is 0.462. The molecule has 0 amide bonds. The number of hydrogen-bond donors (Lipinski definition) is 2. The van der Waals surface area contributed by atoms with E-state index in [-0.39, 0.29) is 5.78 Å². The molecule has 1 aliphatic heterocycles. The molecule has 0 spiro atoms. The van der Waals surface area contributed by atoms with Gasteiger partial charge in [-0.3, -0.25) is 9.69 Å². The van der Waals surface area contributed by atoms with Gasteiger partial charge in [0.2, 0.25) is 0 Å². The van der Waals surface area contributed by atoms with Gasteiger partial charge in [-0.15, -0.1) is 0 Å². The molecular formula is C13H19N3O. The van der Waals surface area contributed by atoms with Gasteiger partial charge in [-0.25, -0.2) is 0 Å². The van der Waals surface area contributed by atoms with Crippen LogP contribution in [0.3, 0.4) is 0 Å². The topological polar surface area (TPSA) is 58.4 Å². The van der Waals surface area contributed by atoms with E-state index in [0.717, 1.165) is 19.6 Å². The summed E-state index contributed by atoms with van der Waals surface area (Å²) in [5.41, 5.74) is 6.72. The zero-order valence-electron chi connectivity index (χ0n) is 10.1. The van der Waals surface area contributed by atoms with Crippen molar-refractivity contribution in [1.82, 2.24) is 10.2 Å². The molecule has 17 heavy (non-hydrogen) atoms. The number of hydrogen-bond acceptors (Lipinski definition) is 4. The molecule has 1 aromatic rings. The van der Waals surface area contributed by atoms with E-state index in [1.54, 1.807) is 0 Å². The summed E-state index contributed by atoms with van der Waals surface area (Å²) >= 11 is 0. The molecule has 1 fully saturated rings. The number of rotatable bonds is 3. The van der Waals surface area contributed by atoms with Gasteiger partial charge in [0, 0.05) is 31.2 Å². The first-order chi connectivity index (χ1) is 8.18. The van der Waals surface area contributed by atoms with E-state index < -0.39 is 6.17 Å². The molecule has 3 N–H and O–H groups in total. The van der Waals surface area contributed by atoms with E-state index in [1.165, 1.54) is 0 Å². The van der Waals surface area contributed by atoms with Crippen LogP contribution in [0.2, 0.25) is 0 Å². The number of piperazine rings is 1. The molecule has 4 nitrogen and oxygen atoms in total. The van der Waals surface area contributed by atoms with Crippen molar-refractivity contribution in [1.29, 1.82) is 0 Å². The summed E-state index contributed by atoms with van der Waals surface area (Å²) in [5.74, 6) is -0.000278. The molecule has 2 atom stereocenters. The van der Waals surface area contributed by atoms with Crippen molar-refractivity contribution in [2.45, 2.75) is 19.1 Å². The SMILES string of the molecule is CC1CN(C(N)C(=O)c2ccccc2)CCN1. The van der Waals surface area contributed by atoms with E-state index in [2.05, 4.69) is 12.2 Å². The van der Waals surface area contributed by atoms with E-state index in [9.17, 15) is 4.79 Å². The number of carbonyl (C=O) groups is 1. The third-order valence-corrected chi connectivity index (χ3v) is 3.12. The molecule has 0 aromatic heterocycles. The maximum absolute atomic E-state index is 12.2. The predicted molar refractivity (Wildman–Crippen MR) is 67.8 cm³/mol. The Bertz CT molecular complexity index is 380. The molecule has 4 heteroatoms. The maximum atomic E-state index is 12.2. The molecular weight excluding hydrogens is 214 g/mol. The molecule has 0 saturated carbocycles. The highest BCUT2D eigenvalue weighted by Gasteiger charge is 2.26. The Hall–Kier alpha value is -1.23. The average molecular weight is 233 g/mol. The summed E-state index contributed by atoms with van der Waals surface area (Å²) < 4.78 is 0. The van der Waals surface area contributed by atoms with Crippen molar-refractivity contribution >= 4 is 5.78 Å². The van der Waals surface area contributed by atoms with Gasteiger partial charge in [0.15, 0.2) is 5.78 Å². The number of Topliss-reactive ketones (excluding diaryl/α,β-unsaturated/α-hetero) is 1. The van der Waals surface area contributed by atoms with E-state index in [4.69, 9.17) is 5.73 Å². The summed E-state index contributed by atoms with van der Waals surface area (Å²) in [4.78, 5) is 14.2. The Balaban J connectivity index is 2.04. The summed E-state index contributed by atoms with van der Waals surface area (Å²) in [6.45, 7) is 4.63. The van der Waals surface area contributed by atoms with Gasteiger partial charge in [-0.1, -0.05) is 30.3 Å². The van der Waals surface area contributed by atoms with E-state index in [0.29, 0.717) is 11.6 Å². The Kier molecular flexibility index (Phi) is 3.89. The molecule has 1 heterocycles. The summed E-state index contributed by atoms with van der Waals surface area (Å²) in [5, 5.41) is 3.34. The fourth-order valence-corrected chi connectivity index (χ4v) is 2.15. The van der Waals surface area contributed by atoms with Crippen molar-refractivity contribution in [3.63, 3.8) is 0 Å². The van der Waals surface area contributed by atoms with Gasteiger partial charge in [-0.2, -0.15) is 0 Å². The van der Waals surface area contributed by atoms with Gasteiger partial charge in [0.25, 0.3) is 0 Å². The number of benzene rings is 1. The lowest BCUT2D eigenvalue weighted by molar-refractivity contribution is 0.0776. The van der Waals surface area contributed by atoms with Crippen LogP contribution in [0.15, 0.2) is 30.3 Å². The van der Waals surface area contributed by atoms with Gasteiger partial charge >= 0.3 is 0 Å². The Morgan fingerprint density at radius 1 is 1.47 bits per heavy atom. The molecule has 1 saturated heterocycles. The van der Waals surface area contributed by atoms with Crippen LogP contribution >= 0.6 is 0 Å². The summed E-state index contributed by atoms with van der Waals surface area (Å²) in [7, 11) is 0. The lowest BCUT2D eigenvalue weighted by atomic mass is 10.1. The van der Waals surface area contributed by atoms with Crippen LogP contribution in [-0.4, -0.2) is 42.5 Å². The van der Waals surface area contributed by atoms with Crippen molar-refractivity contribution in [2.24, 2.45) is 5.73 Å². The van der Waals surface area contributed by atoms with Gasteiger partial charge in [-0.05, 0) is 6.92 Å². The number of nitrogens with two attached hydrogens (primary N) is 1. The van der Waals surface area contributed by atoms with Crippen molar-refractivity contribution in [2.75, 3.05) is 19.6 Å². The standard InChI is InChI=1S/C13H19N3O/c1-10-9-16(8-7-15-10)13(14)12(17)11-5-3-2-4-6-11/h2-6,10,13,15H,7-9,14H2,1H3. The molecule has 0 bridgehead atoms. The van der Waals surface area contributed by atoms with Crippen molar-refractivity contribution in [3.8, 4) is 0 Å². The quantitative estimate of drug-likeness (QED) is 0.744. The zero-order valence-corrected chi connectivity index (χ0v) is 10.1. The van der Waals surface area contributed by atoms with Crippen molar-refractivity contribution in [3.05, 3.63) is 35.9 Å². The highest BCUT2D eigenvalue weighted by atomic mass is 16.1. The lowest BCUT2D eigenvalue weighted by Gasteiger charge is -2.35. The van der Waals surface area contributed by atoms with Gasteiger partial charge in [0.05, 0.1) is 0 Å². The Morgan fingerprint density at radius 2 is 2.18 bits per heavy atom. The summed E-state index contributed by atoms with van der Waals surface area (Å²) in [6.07, 6.45) is -0.526. The summed E-state index contributed by atoms with van der Waals surface area (Å²) in [6, 6.07) is 9.63. The first-order valence-corrected chi connectivity index (χ1v) is 6.01. The third kappa shape index (κ3) is 2.91. The van der Waals surface area contributed by atoms with Gasteiger partial charge in [0.1, 0.15) is 6.17 Å². The molecule has 0 aliphatic carbocycles. The van der Waals surface area contributed by atoms with E-state index >= 15 is 0 Å². The molecule has 2 rings (SSSR count). The smallest absolute Gasteiger partial charge is 0.194 e. The lowest BCUT2D eigenvalue weighted by Crippen LogP contribution is -2.58. The van der Waals surface area contributed by atoms with Crippen LogP contribution in [-0.2, 0) is 0 Å². The second-order valence-corrected chi connectivity index (χ2v) is 4.53. The monoisotopic (exact) mass is 233 g/mol. The Labute approximate surface area is 102 Å². The molecule has 2 unspecified atom stereocenters. The molecule has 92 valence electrons. The zero-order chi connectivity index (χ0) is 12.3. The number of ketones is 1. The van der Waals surface area contributed by atoms with E-state index in [1.807, 2.05) is 35.2 Å².